The first-order chi connectivity index (χ1) is 14.6. The molecule has 0 amide bonds. The van der Waals surface area contributed by atoms with Crippen molar-refractivity contribution >= 4 is 29.9 Å². The molecule has 0 radical (unpaired) electrons. The normalized spacial score (nSPS) is 10.9. The zero-order chi connectivity index (χ0) is 21.3. The van der Waals surface area contributed by atoms with Crippen LogP contribution in [0.2, 0.25) is 0 Å². The maximum Gasteiger partial charge on any atom is 0.193 e. The number of guanidine groups is 1. The Hall–Kier alpha value is -2.75. The monoisotopic (exact) mass is 535 g/mol. The van der Waals surface area contributed by atoms with E-state index in [0.29, 0.717) is 13.1 Å². The molecular weight excluding hydrogens is 505 g/mol. The lowest BCUT2D eigenvalue weighted by Crippen LogP contribution is -2.38. The van der Waals surface area contributed by atoms with Gasteiger partial charge in [-0.25, -0.2) is 0 Å². The Morgan fingerprint density at radius 2 is 1.90 bits per heavy atom. The van der Waals surface area contributed by atoms with Crippen LogP contribution in [0.15, 0.2) is 65.9 Å². The Morgan fingerprint density at radius 3 is 2.58 bits per heavy atom. The Kier molecular flexibility index (Phi) is 9.64. The van der Waals surface area contributed by atoms with Gasteiger partial charge in [-0.15, -0.1) is 24.0 Å². The van der Waals surface area contributed by atoms with Crippen LogP contribution >= 0.6 is 24.0 Å². The van der Waals surface area contributed by atoms with E-state index in [1.807, 2.05) is 42.2 Å². The Morgan fingerprint density at radius 1 is 1.10 bits per heavy atom. The van der Waals surface area contributed by atoms with Gasteiger partial charge in [0.05, 0.1) is 20.8 Å². The van der Waals surface area contributed by atoms with E-state index in [-0.39, 0.29) is 24.0 Å². The van der Waals surface area contributed by atoms with E-state index in [1.165, 1.54) is 11.1 Å². The summed E-state index contributed by atoms with van der Waals surface area (Å²) in [4.78, 5) is 6.49. The molecule has 2 aromatic carbocycles. The van der Waals surface area contributed by atoms with Crippen LogP contribution in [-0.4, -0.2) is 49.0 Å². The number of hydrogen-bond donors (Lipinski definition) is 1. The summed E-state index contributed by atoms with van der Waals surface area (Å²) in [6.45, 7) is 2.10. The number of aromatic nitrogens is 2. The third-order valence-electron chi connectivity index (χ3n) is 4.82. The van der Waals surface area contributed by atoms with Crippen LogP contribution < -0.4 is 14.8 Å². The molecule has 0 saturated carbocycles. The highest BCUT2D eigenvalue weighted by Gasteiger charge is 2.11. The van der Waals surface area contributed by atoms with Crippen molar-refractivity contribution in [2.45, 2.75) is 19.6 Å². The van der Waals surface area contributed by atoms with Crippen molar-refractivity contribution in [1.82, 2.24) is 20.0 Å². The summed E-state index contributed by atoms with van der Waals surface area (Å²) < 4.78 is 12.7. The highest BCUT2D eigenvalue weighted by molar-refractivity contribution is 14.0. The van der Waals surface area contributed by atoms with Gasteiger partial charge in [-0.05, 0) is 29.3 Å². The fraction of sp³-hybridized carbons (Fsp3) is 0.304. The second-order valence-electron chi connectivity index (χ2n) is 6.96. The number of aliphatic imine (C=N–C) groups is 1. The van der Waals surface area contributed by atoms with Crippen molar-refractivity contribution < 1.29 is 9.47 Å². The van der Waals surface area contributed by atoms with E-state index in [4.69, 9.17) is 9.47 Å². The van der Waals surface area contributed by atoms with Gasteiger partial charge in [0.1, 0.15) is 11.5 Å². The summed E-state index contributed by atoms with van der Waals surface area (Å²) in [6, 6.07) is 16.3. The SMILES string of the molecule is CN=C(NCc1cccc(Cn2cccn2)c1)N(C)Cc1ccc(OC)cc1OC.I. The molecular formula is C23H30IN5O2. The maximum atomic E-state index is 5.51. The molecule has 166 valence electrons. The van der Waals surface area contributed by atoms with Crippen LogP contribution in [0.4, 0.5) is 0 Å². The predicted molar refractivity (Wildman–Crippen MR) is 134 cm³/mol. The molecule has 0 fully saturated rings. The molecule has 0 aliphatic rings. The van der Waals surface area contributed by atoms with Gasteiger partial charge in [-0.3, -0.25) is 9.67 Å². The molecule has 0 aliphatic carbocycles. The summed E-state index contributed by atoms with van der Waals surface area (Å²) >= 11 is 0. The van der Waals surface area contributed by atoms with Gasteiger partial charge >= 0.3 is 0 Å². The van der Waals surface area contributed by atoms with Crippen LogP contribution in [0, 0.1) is 0 Å². The lowest BCUT2D eigenvalue weighted by molar-refractivity contribution is 0.382. The molecule has 0 saturated heterocycles. The molecule has 0 aliphatic heterocycles. The van der Waals surface area contributed by atoms with E-state index in [0.717, 1.165) is 29.6 Å². The van der Waals surface area contributed by atoms with Gasteiger partial charge in [0, 0.05) is 51.2 Å². The number of nitrogens with one attached hydrogen (secondary N) is 1. The molecule has 0 spiro atoms. The van der Waals surface area contributed by atoms with E-state index in [1.54, 1.807) is 27.5 Å². The minimum Gasteiger partial charge on any atom is -0.497 e. The minimum absolute atomic E-state index is 0. The van der Waals surface area contributed by atoms with E-state index in [2.05, 4.69) is 44.6 Å². The number of methoxy groups -OCH3 is 2. The van der Waals surface area contributed by atoms with Crippen molar-refractivity contribution in [1.29, 1.82) is 0 Å². The van der Waals surface area contributed by atoms with Crippen molar-refractivity contribution in [2.24, 2.45) is 4.99 Å². The number of rotatable bonds is 8. The molecule has 31 heavy (non-hydrogen) atoms. The third kappa shape index (κ3) is 6.88. The van der Waals surface area contributed by atoms with Crippen LogP contribution in [0.25, 0.3) is 0 Å². The van der Waals surface area contributed by atoms with Gasteiger partial charge < -0.3 is 19.7 Å². The summed E-state index contributed by atoms with van der Waals surface area (Å²) in [5.41, 5.74) is 3.46. The van der Waals surface area contributed by atoms with Crippen LogP contribution in [0.3, 0.4) is 0 Å². The topological polar surface area (TPSA) is 63.9 Å². The van der Waals surface area contributed by atoms with Gasteiger partial charge in [-0.1, -0.05) is 24.3 Å². The fourth-order valence-corrected chi connectivity index (χ4v) is 3.30. The van der Waals surface area contributed by atoms with Crippen molar-refractivity contribution in [3.63, 3.8) is 0 Å². The minimum atomic E-state index is 0. The summed E-state index contributed by atoms with van der Waals surface area (Å²) in [5, 5.41) is 7.71. The van der Waals surface area contributed by atoms with Gasteiger partial charge in [-0.2, -0.15) is 5.10 Å². The lowest BCUT2D eigenvalue weighted by Gasteiger charge is -2.23. The first kappa shape index (κ1) is 24.5. The van der Waals surface area contributed by atoms with Crippen molar-refractivity contribution in [3.05, 3.63) is 77.6 Å². The molecule has 3 aromatic rings. The summed E-state index contributed by atoms with van der Waals surface area (Å²) in [6.07, 6.45) is 3.76. The lowest BCUT2D eigenvalue weighted by atomic mass is 10.1. The van der Waals surface area contributed by atoms with Crippen LogP contribution in [-0.2, 0) is 19.6 Å². The quantitative estimate of drug-likeness (QED) is 0.270. The fourth-order valence-electron chi connectivity index (χ4n) is 3.30. The van der Waals surface area contributed by atoms with Crippen molar-refractivity contribution in [3.8, 4) is 11.5 Å². The van der Waals surface area contributed by atoms with E-state index >= 15 is 0 Å². The smallest absolute Gasteiger partial charge is 0.193 e. The molecule has 0 bridgehead atoms. The van der Waals surface area contributed by atoms with Gasteiger partial charge in [0.15, 0.2) is 5.96 Å². The molecule has 8 heteroatoms. The molecule has 3 rings (SSSR count). The summed E-state index contributed by atoms with van der Waals surface area (Å²) in [5.74, 6) is 2.38. The number of ether oxygens (including phenoxy) is 2. The maximum absolute atomic E-state index is 5.51. The number of benzene rings is 2. The zero-order valence-electron chi connectivity index (χ0n) is 18.4. The average Bonchev–Trinajstić information content (AvgIpc) is 3.27. The second-order valence-corrected chi connectivity index (χ2v) is 6.96. The van der Waals surface area contributed by atoms with Crippen LogP contribution in [0.5, 0.6) is 11.5 Å². The molecule has 7 nitrogen and oxygen atoms in total. The largest absolute Gasteiger partial charge is 0.497 e. The first-order valence-electron chi connectivity index (χ1n) is 9.81. The molecule has 1 N–H and O–H groups in total. The molecule has 1 heterocycles. The van der Waals surface area contributed by atoms with Gasteiger partial charge in [0.2, 0.25) is 0 Å². The second kappa shape index (κ2) is 12.2. The molecule has 1 aromatic heterocycles. The Balaban J connectivity index is 0.00000341. The van der Waals surface area contributed by atoms with Gasteiger partial charge in [0.25, 0.3) is 0 Å². The predicted octanol–water partition coefficient (Wildman–Crippen LogP) is 3.77. The summed E-state index contributed by atoms with van der Waals surface area (Å²) in [7, 11) is 7.11. The standard InChI is InChI=1S/C23H29N5O2.HI/c1-24-23(27(2)17-20-9-10-21(29-3)14-22(20)30-4)25-15-18-7-5-8-19(13-18)16-28-12-6-11-26-28;/h5-14H,15-17H2,1-4H3,(H,24,25);1H. The van der Waals surface area contributed by atoms with E-state index < -0.39 is 0 Å². The van der Waals surface area contributed by atoms with Crippen molar-refractivity contribution in [2.75, 3.05) is 28.3 Å². The Labute approximate surface area is 201 Å². The number of nitrogens with zero attached hydrogens (tertiary/aromatic N) is 4. The van der Waals surface area contributed by atoms with Crippen LogP contribution in [0.1, 0.15) is 16.7 Å². The molecule has 0 unspecified atom stereocenters. The Bertz CT molecular complexity index is 976. The zero-order valence-corrected chi connectivity index (χ0v) is 20.7. The first-order valence-corrected chi connectivity index (χ1v) is 9.81. The third-order valence-corrected chi connectivity index (χ3v) is 4.82. The molecule has 0 atom stereocenters. The highest BCUT2D eigenvalue weighted by Crippen LogP contribution is 2.25. The number of hydrogen-bond acceptors (Lipinski definition) is 4. The van der Waals surface area contributed by atoms with E-state index in [9.17, 15) is 0 Å². The average molecular weight is 535 g/mol. The highest BCUT2D eigenvalue weighted by atomic mass is 127. The number of halogens is 1.